The topological polar surface area (TPSA) is 55.1 Å². The third kappa shape index (κ3) is 4.45. The molecule has 0 unspecified atom stereocenters. The molecule has 3 N–H and O–H groups in total. The number of amides is 2. The Bertz CT molecular complexity index is 515. The first-order chi connectivity index (χ1) is 8.56. The summed E-state index contributed by atoms with van der Waals surface area (Å²) in [5, 5.41) is 4.49. The summed E-state index contributed by atoms with van der Waals surface area (Å²) in [6.07, 6.45) is 1.71. The molecule has 0 spiro atoms. The third-order valence-electron chi connectivity index (χ3n) is 2.37. The van der Waals surface area contributed by atoms with E-state index in [0.717, 1.165) is 16.0 Å². The van der Waals surface area contributed by atoms with E-state index < -0.39 is 6.03 Å². The molecule has 1 rings (SSSR count). The highest BCUT2D eigenvalue weighted by Crippen LogP contribution is 2.01. The van der Waals surface area contributed by atoms with Gasteiger partial charge in [-0.05, 0) is 22.9 Å². The van der Waals surface area contributed by atoms with Crippen LogP contribution in [0, 0.1) is 0 Å². The van der Waals surface area contributed by atoms with Crippen molar-refractivity contribution >= 4 is 18.2 Å². The van der Waals surface area contributed by atoms with Gasteiger partial charge >= 0.3 is 6.03 Å². The van der Waals surface area contributed by atoms with E-state index in [2.05, 4.69) is 18.5 Å². The van der Waals surface area contributed by atoms with Gasteiger partial charge in [-0.25, -0.2) is 4.79 Å². The quantitative estimate of drug-likeness (QED) is 0.847. The second-order valence-electron chi connectivity index (χ2n) is 3.55. The molecular formula is C15H26N2O. The number of urea groups is 1. The lowest BCUT2D eigenvalue weighted by Crippen LogP contribution is -2.40. The van der Waals surface area contributed by atoms with Gasteiger partial charge in [-0.15, -0.1) is 0 Å². The van der Waals surface area contributed by atoms with Crippen molar-refractivity contribution in [3.05, 3.63) is 47.4 Å². The maximum Gasteiger partial charge on any atom is 0.312 e. The Morgan fingerprint density at radius 2 is 2.00 bits per heavy atom. The minimum absolute atomic E-state index is 0. The Morgan fingerprint density at radius 1 is 1.44 bits per heavy atom. The van der Waals surface area contributed by atoms with Crippen molar-refractivity contribution in [2.45, 2.75) is 26.8 Å². The van der Waals surface area contributed by atoms with Gasteiger partial charge in [0.05, 0.1) is 6.04 Å². The number of rotatable bonds is 3. The van der Waals surface area contributed by atoms with Gasteiger partial charge in [-0.1, -0.05) is 57.3 Å². The fourth-order valence-electron chi connectivity index (χ4n) is 1.61. The van der Waals surface area contributed by atoms with Crippen LogP contribution in [0.1, 0.15) is 23.6 Å². The highest BCUT2D eigenvalue weighted by Gasteiger charge is 2.07. The zero-order chi connectivity index (χ0) is 14.1. The molecule has 18 heavy (non-hydrogen) atoms. The van der Waals surface area contributed by atoms with Crippen LogP contribution in [0.4, 0.5) is 4.79 Å². The largest absolute Gasteiger partial charge is 0.352 e. The van der Waals surface area contributed by atoms with Crippen LogP contribution in [-0.2, 0) is 0 Å². The molecule has 3 heteroatoms. The van der Waals surface area contributed by atoms with Gasteiger partial charge < -0.3 is 11.1 Å². The van der Waals surface area contributed by atoms with Gasteiger partial charge in [0.25, 0.3) is 0 Å². The van der Waals surface area contributed by atoms with Crippen molar-refractivity contribution in [3.8, 4) is 0 Å². The predicted octanol–water partition coefficient (Wildman–Crippen LogP) is 2.01. The van der Waals surface area contributed by atoms with Gasteiger partial charge in [-0.2, -0.15) is 0 Å². The van der Waals surface area contributed by atoms with Crippen LogP contribution < -0.4 is 21.5 Å². The van der Waals surface area contributed by atoms with E-state index >= 15 is 0 Å². The first-order valence-corrected chi connectivity index (χ1v) is 6.03. The Hall–Kier alpha value is -2.03. The molecule has 0 radical (unpaired) electrons. The summed E-state index contributed by atoms with van der Waals surface area (Å²) in [5.74, 6) is 0. The molecule has 1 atom stereocenters. The number of carbonyl (C=O) groups excluding carboxylic acids is 1. The van der Waals surface area contributed by atoms with Crippen molar-refractivity contribution in [3.63, 3.8) is 0 Å². The molecule has 0 aliphatic heterocycles. The maximum absolute atomic E-state index is 10.8. The van der Waals surface area contributed by atoms with Crippen LogP contribution in [0.2, 0.25) is 0 Å². The molecule has 0 aliphatic rings. The first-order valence-electron chi connectivity index (χ1n) is 6.03. The average molecular weight is 250 g/mol. The standard InChI is InChI=1S/C13H16N2O.C2H6.2H2/c1-4-11(10(3)15-13(14)16)12-8-6-5-7-9(12)2;1-2;;/h4-8,10H,1-2H2,3H3,(H3,14,15,16);1-2H3;2*1H/b12-11+;;;/t10-;;;/m1.../s1. The van der Waals surface area contributed by atoms with E-state index in [4.69, 9.17) is 5.73 Å². The van der Waals surface area contributed by atoms with Crippen molar-refractivity contribution in [2.75, 3.05) is 0 Å². The van der Waals surface area contributed by atoms with E-state index in [0.29, 0.717) is 0 Å². The number of benzene rings is 1. The summed E-state index contributed by atoms with van der Waals surface area (Å²) >= 11 is 0. The normalized spacial score (nSPS) is 12.6. The fraction of sp³-hybridized carbons (Fsp3) is 0.267. The summed E-state index contributed by atoms with van der Waals surface area (Å²) in [5.41, 5.74) is 6.00. The number of nitrogens with one attached hydrogen (secondary N) is 1. The zero-order valence-corrected chi connectivity index (χ0v) is 11.4. The van der Waals surface area contributed by atoms with Crippen LogP contribution in [0.3, 0.4) is 0 Å². The van der Waals surface area contributed by atoms with Crippen LogP contribution >= 0.6 is 0 Å². The molecule has 0 heterocycles. The van der Waals surface area contributed by atoms with Crippen molar-refractivity contribution in [1.82, 2.24) is 5.32 Å². The molecule has 102 valence electrons. The molecule has 1 aromatic rings. The van der Waals surface area contributed by atoms with E-state index in [9.17, 15) is 4.79 Å². The summed E-state index contributed by atoms with van der Waals surface area (Å²) in [6, 6.07) is 6.96. The molecular weight excluding hydrogens is 224 g/mol. The van der Waals surface area contributed by atoms with Crippen molar-refractivity contribution in [1.29, 1.82) is 0 Å². The first kappa shape index (κ1) is 16.0. The lowest BCUT2D eigenvalue weighted by atomic mass is 10.0. The molecule has 0 saturated carbocycles. The summed E-state index contributed by atoms with van der Waals surface area (Å²) < 4.78 is 0. The minimum Gasteiger partial charge on any atom is -0.352 e. The van der Waals surface area contributed by atoms with Crippen LogP contribution in [0.5, 0.6) is 0 Å². The Kier molecular flexibility index (Phi) is 7.20. The highest BCUT2D eigenvalue weighted by molar-refractivity contribution is 5.75. The predicted molar refractivity (Wildman–Crippen MR) is 82.6 cm³/mol. The van der Waals surface area contributed by atoms with Crippen molar-refractivity contribution < 1.29 is 7.65 Å². The second kappa shape index (κ2) is 8.12. The summed E-state index contributed by atoms with van der Waals surface area (Å²) in [7, 11) is 0. The van der Waals surface area contributed by atoms with Gasteiger partial charge in [0, 0.05) is 2.85 Å². The maximum atomic E-state index is 10.8. The molecule has 0 aliphatic carbocycles. The Labute approximate surface area is 112 Å². The van der Waals surface area contributed by atoms with Crippen LogP contribution in [0.15, 0.2) is 36.9 Å². The van der Waals surface area contributed by atoms with Crippen LogP contribution in [0.25, 0.3) is 12.2 Å². The number of nitrogens with two attached hydrogens (primary N) is 1. The Balaban J connectivity index is -0.000000689. The van der Waals surface area contributed by atoms with E-state index in [-0.39, 0.29) is 8.90 Å². The summed E-state index contributed by atoms with van der Waals surface area (Å²) in [6.45, 7) is 13.5. The molecule has 0 fully saturated rings. The third-order valence-corrected chi connectivity index (χ3v) is 2.37. The summed E-state index contributed by atoms with van der Waals surface area (Å²) in [4.78, 5) is 10.8. The second-order valence-corrected chi connectivity index (χ2v) is 3.55. The smallest absolute Gasteiger partial charge is 0.312 e. The highest BCUT2D eigenvalue weighted by atomic mass is 16.2. The van der Waals surface area contributed by atoms with Gasteiger partial charge in [-0.3, -0.25) is 0 Å². The molecule has 0 saturated heterocycles. The SMILES string of the molecule is C=C/C(=c1/ccccc1=C)[C@@H](C)NC(N)=O.CC.[HH].[HH]. The van der Waals surface area contributed by atoms with E-state index in [1.165, 1.54) is 0 Å². The van der Waals surface area contributed by atoms with Gasteiger partial charge in [0.15, 0.2) is 0 Å². The van der Waals surface area contributed by atoms with Gasteiger partial charge in [0.1, 0.15) is 0 Å². The zero-order valence-electron chi connectivity index (χ0n) is 11.4. The molecule has 0 bridgehead atoms. The monoisotopic (exact) mass is 250 g/mol. The molecule has 2 amide bonds. The molecule has 0 aromatic heterocycles. The number of carbonyl (C=O) groups is 1. The number of primary amides is 1. The fourth-order valence-corrected chi connectivity index (χ4v) is 1.61. The molecule has 3 nitrogen and oxygen atoms in total. The lowest BCUT2D eigenvalue weighted by Gasteiger charge is -2.13. The van der Waals surface area contributed by atoms with E-state index in [1.54, 1.807) is 6.08 Å². The number of hydrogen-bond acceptors (Lipinski definition) is 1. The Morgan fingerprint density at radius 3 is 2.44 bits per heavy atom. The lowest BCUT2D eigenvalue weighted by molar-refractivity contribution is 0.248. The average Bonchev–Trinajstić information content (AvgIpc) is 2.34. The van der Waals surface area contributed by atoms with E-state index in [1.807, 2.05) is 45.0 Å². The number of hydrogen-bond donors (Lipinski definition) is 2. The minimum atomic E-state index is -0.548. The van der Waals surface area contributed by atoms with Crippen LogP contribution in [-0.4, -0.2) is 12.1 Å². The van der Waals surface area contributed by atoms with Crippen molar-refractivity contribution in [2.24, 2.45) is 5.73 Å². The molecule has 1 aromatic carbocycles. The van der Waals surface area contributed by atoms with Gasteiger partial charge in [0.2, 0.25) is 0 Å².